The summed E-state index contributed by atoms with van der Waals surface area (Å²) in [6, 6.07) is 6.52. The van der Waals surface area contributed by atoms with Gasteiger partial charge in [0.05, 0.1) is 4.90 Å². The molecule has 35 heavy (non-hydrogen) atoms. The lowest BCUT2D eigenvalue weighted by molar-refractivity contribution is -0.202. The van der Waals surface area contributed by atoms with Gasteiger partial charge in [0, 0.05) is 19.6 Å². The van der Waals surface area contributed by atoms with Crippen molar-refractivity contribution in [3.63, 3.8) is 0 Å². The first-order valence-corrected chi connectivity index (χ1v) is 11.1. The van der Waals surface area contributed by atoms with E-state index in [9.17, 15) is 40.8 Å². The number of sulfonamides is 1. The van der Waals surface area contributed by atoms with Crippen LogP contribution < -0.4 is 21.1 Å². The summed E-state index contributed by atoms with van der Waals surface area (Å²) in [7, 11) is -4.49. The molecule has 1 aromatic heterocycles. The zero-order valence-electron chi connectivity index (χ0n) is 17.6. The third-order valence-electron chi connectivity index (χ3n) is 4.01. The van der Waals surface area contributed by atoms with E-state index >= 15 is 0 Å². The number of halogens is 3. The maximum Gasteiger partial charge on any atom is 0.491 e. The van der Waals surface area contributed by atoms with E-state index in [1.165, 1.54) is 18.2 Å². The summed E-state index contributed by atoms with van der Waals surface area (Å²) in [6.45, 7) is -0.666. The van der Waals surface area contributed by atoms with Crippen molar-refractivity contribution in [2.24, 2.45) is 5.73 Å². The Kier molecular flexibility index (Phi) is 9.10. The van der Waals surface area contributed by atoms with Crippen LogP contribution >= 0.6 is 0 Å². The molecule has 5 N–H and O–H groups in total. The van der Waals surface area contributed by atoms with Crippen molar-refractivity contribution in [3.05, 3.63) is 54.0 Å². The van der Waals surface area contributed by atoms with Crippen molar-refractivity contribution < 1.29 is 49.9 Å². The van der Waals surface area contributed by atoms with E-state index < -0.39 is 58.3 Å². The highest BCUT2D eigenvalue weighted by atomic mass is 32.2. The van der Waals surface area contributed by atoms with Crippen LogP contribution in [-0.4, -0.2) is 64.0 Å². The van der Waals surface area contributed by atoms with Crippen molar-refractivity contribution in [2.75, 3.05) is 19.6 Å². The number of alkyl halides is 3. The van der Waals surface area contributed by atoms with Crippen LogP contribution in [0.4, 0.5) is 13.2 Å². The molecular weight excluding hydrogens is 501 g/mol. The second-order valence-corrected chi connectivity index (χ2v) is 8.33. The van der Waals surface area contributed by atoms with E-state index in [0.717, 1.165) is 24.3 Å². The number of hydrogen-bond acceptors (Lipinski definition) is 9. The van der Waals surface area contributed by atoms with Gasteiger partial charge < -0.3 is 25.5 Å². The Labute approximate surface area is 196 Å². The SMILES string of the molecule is NCCNC(=O)c1ccc(C(=O)NC[C@H](NS(=O)(=O)c2ccccc2)C(=O)OC(=O)C(F)(F)F)o1. The first kappa shape index (κ1) is 27.5. The van der Waals surface area contributed by atoms with Gasteiger partial charge in [0.1, 0.15) is 6.04 Å². The molecule has 12 nitrogen and oxygen atoms in total. The van der Waals surface area contributed by atoms with Crippen molar-refractivity contribution >= 4 is 33.8 Å². The van der Waals surface area contributed by atoms with Crippen LogP contribution in [0.15, 0.2) is 51.8 Å². The fourth-order valence-electron chi connectivity index (χ4n) is 2.39. The van der Waals surface area contributed by atoms with E-state index in [-0.39, 0.29) is 23.7 Å². The van der Waals surface area contributed by atoms with Gasteiger partial charge in [-0.2, -0.15) is 17.9 Å². The second kappa shape index (κ2) is 11.6. The molecule has 0 radical (unpaired) electrons. The van der Waals surface area contributed by atoms with Crippen LogP contribution in [0.1, 0.15) is 21.1 Å². The molecule has 0 spiro atoms. The molecule has 190 valence electrons. The van der Waals surface area contributed by atoms with Crippen LogP contribution in [0.25, 0.3) is 0 Å². The minimum absolute atomic E-state index is 0.128. The highest BCUT2D eigenvalue weighted by Crippen LogP contribution is 2.17. The average molecular weight is 520 g/mol. The summed E-state index contributed by atoms with van der Waals surface area (Å²) in [5.41, 5.74) is 5.26. The molecule has 0 saturated heterocycles. The van der Waals surface area contributed by atoms with E-state index in [0.29, 0.717) is 0 Å². The number of esters is 2. The number of benzene rings is 1. The molecule has 2 amide bonds. The Balaban J connectivity index is 2.17. The minimum atomic E-state index is -5.53. The quantitative estimate of drug-likeness (QED) is 0.240. The standard InChI is InChI=1S/C19H19F3N4O8S/c20-19(21,22)18(30)34-17(29)12(26-35(31,32)11-4-2-1-3-5-11)10-25-16(28)14-7-6-13(33-14)15(27)24-9-8-23/h1-7,12,26H,8-10,23H2,(H,24,27)(H,25,28)/t12-/m0/s1. The molecule has 1 atom stereocenters. The molecule has 2 rings (SSSR count). The smallest absolute Gasteiger partial charge is 0.446 e. The lowest BCUT2D eigenvalue weighted by atomic mass is 10.3. The zero-order valence-corrected chi connectivity index (χ0v) is 18.4. The number of carbonyl (C=O) groups is 4. The maximum absolute atomic E-state index is 12.5. The van der Waals surface area contributed by atoms with Gasteiger partial charge in [0.25, 0.3) is 11.8 Å². The molecule has 2 aromatic rings. The number of furan rings is 1. The number of nitrogens with one attached hydrogen (secondary N) is 3. The van der Waals surface area contributed by atoms with E-state index in [1.54, 1.807) is 4.72 Å². The van der Waals surface area contributed by atoms with E-state index in [2.05, 4.69) is 15.4 Å². The summed E-state index contributed by atoms with van der Waals surface area (Å²) >= 11 is 0. The largest absolute Gasteiger partial charge is 0.491 e. The number of amides is 2. The Morgan fingerprint density at radius 2 is 1.54 bits per heavy atom. The third-order valence-corrected chi connectivity index (χ3v) is 5.50. The number of ether oxygens (including phenoxy) is 1. The number of carbonyl (C=O) groups excluding carboxylic acids is 4. The van der Waals surface area contributed by atoms with Gasteiger partial charge in [-0.15, -0.1) is 0 Å². The predicted molar refractivity (Wildman–Crippen MR) is 110 cm³/mol. The van der Waals surface area contributed by atoms with Crippen LogP contribution in [0.3, 0.4) is 0 Å². The maximum atomic E-state index is 12.5. The van der Waals surface area contributed by atoms with Gasteiger partial charge in [-0.05, 0) is 24.3 Å². The molecule has 0 saturated carbocycles. The molecule has 0 aliphatic carbocycles. The first-order chi connectivity index (χ1) is 16.3. The fourth-order valence-corrected chi connectivity index (χ4v) is 3.59. The average Bonchev–Trinajstić information content (AvgIpc) is 3.30. The van der Waals surface area contributed by atoms with Crippen LogP contribution in [0, 0.1) is 0 Å². The monoisotopic (exact) mass is 520 g/mol. The molecule has 0 aliphatic heterocycles. The van der Waals surface area contributed by atoms with E-state index in [1.807, 2.05) is 0 Å². The Bertz CT molecular complexity index is 1180. The summed E-state index contributed by atoms with van der Waals surface area (Å²) in [6.07, 6.45) is -5.53. The van der Waals surface area contributed by atoms with Gasteiger partial charge in [0.15, 0.2) is 11.5 Å². The van der Waals surface area contributed by atoms with Gasteiger partial charge in [-0.1, -0.05) is 18.2 Å². The normalized spacial score (nSPS) is 12.5. The number of nitrogens with two attached hydrogens (primary N) is 1. The van der Waals surface area contributed by atoms with Crippen molar-refractivity contribution in [1.82, 2.24) is 15.4 Å². The Morgan fingerprint density at radius 1 is 0.971 bits per heavy atom. The number of rotatable bonds is 10. The highest BCUT2D eigenvalue weighted by molar-refractivity contribution is 7.89. The molecule has 0 unspecified atom stereocenters. The zero-order chi connectivity index (χ0) is 26.2. The molecule has 1 heterocycles. The van der Waals surface area contributed by atoms with Crippen LogP contribution in [0.5, 0.6) is 0 Å². The van der Waals surface area contributed by atoms with Crippen LogP contribution in [0.2, 0.25) is 0 Å². The molecule has 0 bridgehead atoms. The van der Waals surface area contributed by atoms with Gasteiger partial charge in [0.2, 0.25) is 10.0 Å². The topological polar surface area (TPSA) is 187 Å². The third kappa shape index (κ3) is 7.90. The summed E-state index contributed by atoms with van der Waals surface area (Å²) in [5.74, 6) is -7.24. The lowest BCUT2D eigenvalue weighted by Gasteiger charge is -2.18. The number of hydrogen-bond donors (Lipinski definition) is 4. The molecule has 0 fully saturated rings. The lowest BCUT2D eigenvalue weighted by Crippen LogP contribution is -2.50. The van der Waals surface area contributed by atoms with E-state index in [4.69, 9.17) is 10.2 Å². The second-order valence-electron chi connectivity index (χ2n) is 6.61. The Morgan fingerprint density at radius 3 is 2.09 bits per heavy atom. The fraction of sp³-hybridized carbons (Fsp3) is 0.263. The van der Waals surface area contributed by atoms with Crippen molar-refractivity contribution in [2.45, 2.75) is 17.1 Å². The summed E-state index contributed by atoms with van der Waals surface area (Å²) in [4.78, 5) is 46.9. The minimum Gasteiger partial charge on any atom is -0.446 e. The summed E-state index contributed by atoms with van der Waals surface area (Å²) in [5, 5.41) is 4.44. The summed E-state index contributed by atoms with van der Waals surface area (Å²) < 4.78 is 72.9. The van der Waals surface area contributed by atoms with Gasteiger partial charge in [-0.3, -0.25) is 9.59 Å². The van der Waals surface area contributed by atoms with Crippen molar-refractivity contribution in [1.29, 1.82) is 0 Å². The molecule has 16 heteroatoms. The predicted octanol–water partition coefficient (Wildman–Crippen LogP) is -0.323. The van der Waals surface area contributed by atoms with Gasteiger partial charge >= 0.3 is 18.1 Å². The molecule has 0 aliphatic rings. The van der Waals surface area contributed by atoms with Crippen molar-refractivity contribution in [3.8, 4) is 0 Å². The molecular formula is C19H19F3N4O8S. The molecule has 1 aromatic carbocycles. The van der Waals surface area contributed by atoms with Crippen LogP contribution in [-0.2, 0) is 24.3 Å². The first-order valence-electron chi connectivity index (χ1n) is 9.61. The highest BCUT2D eigenvalue weighted by Gasteiger charge is 2.44. The Hall–Kier alpha value is -3.76. The van der Waals surface area contributed by atoms with Gasteiger partial charge in [-0.25, -0.2) is 18.0 Å².